The van der Waals surface area contributed by atoms with Crippen LogP contribution in [0.2, 0.25) is 0 Å². The summed E-state index contributed by atoms with van der Waals surface area (Å²) in [5, 5.41) is 2.33. The predicted octanol–water partition coefficient (Wildman–Crippen LogP) is 1.28. The monoisotopic (exact) mass is 390 g/mol. The van der Waals surface area contributed by atoms with Crippen LogP contribution in [-0.2, 0) is 19.1 Å². The van der Waals surface area contributed by atoms with Gasteiger partial charge in [-0.05, 0) is 26.0 Å². The van der Waals surface area contributed by atoms with Gasteiger partial charge in [0, 0.05) is 18.1 Å². The molecule has 3 rings (SSSR count). The Morgan fingerprint density at radius 2 is 1.78 bits per heavy atom. The van der Waals surface area contributed by atoms with Crippen molar-refractivity contribution in [1.29, 1.82) is 0 Å². The number of ether oxygens (including phenoxy) is 2. The van der Waals surface area contributed by atoms with Crippen molar-refractivity contribution in [3.05, 3.63) is 47.3 Å². The SMILES string of the molecule is COCOC(=O)[C@@H]1NC=C(N2C(=O)c3ccccc3C2=O)C(=O)SC1(C)C. The van der Waals surface area contributed by atoms with Crippen LogP contribution in [0.4, 0.5) is 0 Å². The molecule has 2 heterocycles. The molecule has 2 amide bonds. The Kier molecular flexibility index (Phi) is 5.07. The van der Waals surface area contributed by atoms with Crippen molar-refractivity contribution in [3.8, 4) is 0 Å². The lowest BCUT2D eigenvalue weighted by atomic mass is 10.0. The molecule has 1 atom stereocenters. The Bertz CT molecular complexity index is 828. The number of imide groups is 1. The van der Waals surface area contributed by atoms with Crippen LogP contribution in [0.5, 0.6) is 0 Å². The lowest BCUT2D eigenvalue weighted by molar-refractivity contribution is -0.157. The van der Waals surface area contributed by atoms with Crippen LogP contribution in [0, 0.1) is 0 Å². The molecule has 0 aliphatic carbocycles. The largest absolute Gasteiger partial charge is 0.437 e. The number of methoxy groups -OCH3 is 1. The van der Waals surface area contributed by atoms with Crippen molar-refractivity contribution >= 4 is 34.7 Å². The molecule has 0 aromatic heterocycles. The predicted molar refractivity (Wildman–Crippen MR) is 96.6 cm³/mol. The van der Waals surface area contributed by atoms with Crippen molar-refractivity contribution in [3.63, 3.8) is 0 Å². The molecule has 2 aliphatic heterocycles. The molecule has 0 saturated carbocycles. The van der Waals surface area contributed by atoms with Crippen molar-refractivity contribution in [2.75, 3.05) is 13.9 Å². The minimum atomic E-state index is -0.890. The van der Waals surface area contributed by atoms with E-state index in [0.717, 1.165) is 16.7 Å². The third-order valence-electron chi connectivity index (χ3n) is 4.24. The van der Waals surface area contributed by atoms with Crippen molar-refractivity contribution < 1.29 is 28.7 Å². The molecule has 2 aliphatic rings. The Labute approximate surface area is 159 Å². The first kappa shape index (κ1) is 19.1. The summed E-state index contributed by atoms with van der Waals surface area (Å²) in [6, 6.07) is 5.48. The highest BCUT2D eigenvalue weighted by Crippen LogP contribution is 2.36. The van der Waals surface area contributed by atoms with E-state index in [9.17, 15) is 19.2 Å². The lowest BCUT2D eigenvalue weighted by Gasteiger charge is -2.29. The molecule has 0 spiro atoms. The van der Waals surface area contributed by atoms with Gasteiger partial charge < -0.3 is 14.8 Å². The zero-order valence-electron chi connectivity index (χ0n) is 15.0. The fraction of sp³-hybridized carbons (Fsp3) is 0.333. The second-order valence-electron chi connectivity index (χ2n) is 6.48. The average Bonchev–Trinajstić information content (AvgIpc) is 2.79. The first-order chi connectivity index (χ1) is 12.8. The van der Waals surface area contributed by atoms with Crippen LogP contribution in [0.1, 0.15) is 34.6 Å². The molecule has 1 N–H and O–H groups in total. The van der Waals surface area contributed by atoms with Crippen LogP contribution in [-0.4, -0.2) is 52.5 Å². The molecule has 0 bridgehead atoms. The van der Waals surface area contributed by atoms with Crippen LogP contribution in [0.25, 0.3) is 0 Å². The first-order valence-corrected chi connectivity index (χ1v) is 8.92. The molecule has 0 saturated heterocycles. The van der Waals surface area contributed by atoms with Gasteiger partial charge in [0.05, 0.1) is 11.1 Å². The molecule has 1 aromatic rings. The van der Waals surface area contributed by atoms with Gasteiger partial charge in [0.1, 0.15) is 11.7 Å². The van der Waals surface area contributed by atoms with Crippen LogP contribution < -0.4 is 5.32 Å². The highest BCUT2D eigenvalue weighted by Gasteiger charge is 2.46. The molecule has 0 fully saturated rings. The third-order valence-corrected chi connectivity index (χ3v) is 5.39. The van der Waals surface area contributed by atoms with E-state index < -0.39 is 33.7 Å². The third kappa shape index (κ3) is 3.35. The summed E-state index contributed by atoms with van der Waals surface area (Å²) >= 11 is 0.855. The summed E-state index contributed by atoms with van der Waals surface area (Å²) < 4.78 is 8.83. The average molecular weight is 390 g/mol. The molecule has 27 heavy (non-hydrogen) atoms. The van der Waals surface area contributed by atoms with E-state index in [4.69, 9.17) is 9.47 Å². The number of nitrogens with one attached hydrogen (secondary N) is 1. The summed E-state index contributed by atoms with van der Waals surface area (Å²) in [5.74, 6) is -1.76. The van der Waals surface area contributed by atoms with E-state index in [1.165, 1.54) is 25.4 Å². The van der Waals surface area contributed by atoms with Gasteiger partial charge in [0.25, 0.3) is 11.8 Å². The Morgan fingerprint density at radius 3 is 2.33 bits per heavy atom. The van der Waals surface area contributed by atoms with Crippen molar-refractivity contribution in [1.82, 2.24) is 10.2 Å². The van der Waals surface area contributed by atoms with Gasteiger partial charge in [-0.2, -0.15) is 0 Å². The normalized spacial score (nSPS) is 21.3. The number of carbonyl (C=O) groups is 4. The number of nitrogens with zero attached hydrogens (tertiary/aromatic N) is 1. The van der Waals surface area contributed by atoms with Crippen molar-refractivity contribution in [2.45, 2.75) is 24.6 Å². The van der Waals surface area contributed by atoms with Crippen LogP contribution in [0.3, 0.4) is 0 Å². The van der Waals surface area contributed by atoms with Gasteiger partial charge in [-0.1, -0.05) is 23.9 Å². The number of rotatable bonds is 4. The summed E-state index contributed by atoms with van der Waals surface area (Å²) in [6.45, 7) is 3.17. The number of carbonyl (C=O) groups excluding carboxylic acids is 4. The highest BCUT2D eigenvalue weighted by molar-refractivity contribution is 8.15. The van der Waals surface area contributed by atoms with E-state index in [2.05, 4.69) is 5.32 Å². The highest BCUT2D eigenvalue weighted by atomic mass is 32.2. The molecule has 1 aromatic carbocycles. The molecule has 0 unspecified atom stereocenters. The lowest BCUT2D eigenvalue weighted by Crippen LogP contribution is -2.48. The molecular formula is C18H18N2O6S. The minimum absolute atomic E-state index is 0.124. The number of thioether (sulfide) groups is 1. The van der Waals surface area contributed by atoms with Crippen molar-refractivity contribution in [2.24, 2.45) is 0 Å². The maximum absolute atomic E-state index is 12.8. The fourth-order valence-corrected chi connectivity index (χ4v) is 3.90. The number of fused-ring (bicyclic) bond motifs is 1. The Hall–Kier alpha value is -2.65. The zero-order valence-corrected chi connectivity index (χ0v) is 15.8. The topological polar surface area (TPSA) is 102 Å². The standard InChI is InChI=1S/C18H18N2O6S/c1-18(2)13(16(23)26-9-25-3)19-8-12(17(24)27-18)20-14(21)10-6-4-5-7-11(10)15(20)22/h4-8,13,19H,9H2,1-3H3/t13-/m0/s1. The summed E-state index contributed by atoms with van der Waals surface area (Å²) in [6.07, 6.45) is 1.23. The second kappa shape index (κ2) is 7.16. The smallest absolute Gasteiger partial charge is 0.332 e. The van der Waals surface area contributed by atoms with E-state index in [-0.39, 0.29) is 23.6 Å². The minimum Gasteiger partial charge on any atom is -0.437 e. The Balaban J connectivity index is 1.92. The molecule has 0 radical (unpaired) electrons. The van der Waals surface area contributed by atoms with Gasteiger partial charge >= 0.3 is 5.97 Å². The van der Waals surface area contributed by atoms with Gasteiger partial charge in [0.15, 0.2) is 6.79 Å². The number of benzene rings is 1. The van der Waals surface area contributed by atoms with E-state index in [1.807, 2.05) is 0 Å². The molecule has 8 nitrogen and oxygen atoms in total. The van der Waals surface area contributed by atoms with E-state index in [0.29, 0.717) is 0 Å². The van der Waals surface area contributed by atoms with Crippen LogP contribution >= 0.6 is 11.8 Å². The zero-order chi connectivity index (χ0) is 19.8. The van der Waals surface area contributed by atoms with E-state index >= 15 is 0 Å². The van der Waals surface area contributed by atoms with E-state index in [1.54, 1.807) is 26.0 Å². The summed E-state index contributed by atoms with van der Waals surface area (Å²) in [4.78, 5) is 51.2. The van der Waals surface area contributed by atoms with Gasteiger partial charge in [-0.3, -0.25) is 14.4 Å². The first-order valence-electron chi connectivity index (χ1n) is 8.11. The van der Waals surface area contributed by atoms with Gasteiger partial charge in [-0.15, -0.1) is 0 Å². The van der Waals surface area contributed by atoms with Gasteiger partial charge in [-0.25, -0.2) is 9.69 Å². The number of hydrogen-bond donors (Lipinski definition) is 1. The molecule has 9 heteroatoms. The second-order valence-corrected chi connectivity index (χ2v) is 8.11. The summed E-state index contributed by atoms with van der Waals surface area (Å²) in [5.41, 5.74) is 0.350. The maximum Gasteiger partial charge on any atom is 0.332 e. The number of amides is 2. The maximum atomic E-state index is 12.8. The van der Waals surface area contributed by atoms with Crippen LogP contribution in [0.15, 0.2) is 36.2 Å². The molecular weight excluding hydrogens is 372 g/mol. The van der Waals surface area contributed by atoms with Gasteiger partial charge in [0.2, 0.25) is 5.12 Å². The number of hydrogen-bond acceptors (Lipinski definition) is 8. The summed E-state index contributed by atoms with van der Waals surface area (Å²) in [7, 11) is 1.39. The fourth-order valence-electron chi connectivity index (χ4n) is 2.89. The number of esters is 1. The quantitative estimate of drug-likeness (QED) is 0.466. The molecule has 142 valence electrons. The Morgan fingerprint density at radius 1 is 1.19 bits per heavy atom.